The Kier molecular flexibility index (Phi) is 5.00. The molecule has 0 aliphatic heterocycles. The zero-order chi connectivity index (χ0) is 14.6. The highest BCUT2D eigenvalue weighted by Crippen LogP contribution is 2.27. The molecule has 0 atom stereocenters. The lowest BCUT2D eigenvalue weighted by atomic mass is 9.88. The molecule has 1 heterocycles. The van der Waals surface area contributed by atoms with Crippen molar-refractivity contribution in [2.24, 2.45) is 5.41 Å². The van der Waals surface area contributed by atoms with E-state index in [9.17, 15) is 4.79 Å². The van der Waals surface area contributed by atoms with Gasteiger partial charge in [0.1, 0.15) is 5.78 Å². The van der Waals surface area contributed by atoms with Crippen LogP contribution in [0.4, 0.5) is 0 Å². The number of carbonyl (C=O) groups excluding carboxylic acids is 1. The molecule has 112 valence electrons. The van der Waals surface area contributed by atoms with Crippen LogP contribution in [-0.4, -0.2) is 15.6 Å². The molecule has 0 bridgehead atoms. The number of hydrogen-bond acceptors (Lipinski definition) is 2. The van der Waals surface area contributed by atoms with Gasteiger partial charge >= 0.3 is 0 Å². The first-order chi connectivity index (χ1) is 9.47. The largest absolute Gasteiger partial charge is 0.299 e. The highest BCUT2D eigenvalue weighted by molar-refractivity contribution is 5.83. The van der Waals surface area contributed by atoms with Crippen LogP contribution in [-0.2, 0) is 11.2 Å². The van der Waals surface area contributed by atoms with E-state index in [4.69, 9.17) is 5.10 Å². The van der Waals surface area contributed by atoms with Gasteiger partial charge in [-0.1, -0.05) is 40.0 Å². The quantitative estimate of drug-likeness (QED) is 0.802. The van der Waals surface area contributed by atoms with Crippen LogP contribution in [0.3, 0.4) is 0 Å². The Labute approximate surface area is 122 Å². The lowest BCUT2D eigenvalue weighted by Crippen LogP contribution is -2.19. The lowest BCUT2D eigenvalue weighted by molar-refractivity contribution is -0.126. The molecule has 1 aromatic heterocycles. The Morgan fingerprint density at radius 3 is 2.65 bits per heavy atom. The molecule has 1 fully saturated rings. The van der Waals surface area contributed by atoms with Crippen LogP contribution in [0.1, 0.15) is 77.5 Å². The van der Waals surface area contributed by atoms with Crippen molar-refractivity contribution in [3.63, 3.8) is 0 Å². The third-order valence-electron chi connectivity index (χ3n) is 4.29. The Morgan fingerprint density at radius 1 is 1.30 bits per heavy atom. The van der Waals surface area contributed by atoms with Crippen molar-refractivity contribution >= 4 is 5.78 Å². The van der Waals surface area contributed by atoms with E-state index < -0.39 is 0 Å². The van der Waals surface area contributed by atoms with Gasteiger partial charge in [0.15, 0.2) is 0 Å². The van der Waals surface area contributed by atoms with Gasteiger partial charge in [-0.25, -0.2) is 0 Å². The zero-order valence-electron chi connectivity index (χ0n) is 13.2. The molecule has 0 N–H and O–H groups in total. The Hall–Kier alpha value is -1.12. The maximum absolute atomic E-state index is 11.9. The number of aromatic nitrogens is 2. The van der Waals surface area contributed by atoms with Crippen molar-refractivity contribution in [3.05, 3.63) is 18.0 Å². The summed E-state index contributed by atoms with van der Waals surface area (Å²) in [4.78, 5) is 11.9. The van der Waals surface area contributed by atoms with Gasteiger partial charge in [0.25, 0.3) is 0 Å². The van der Waals surface area contributed by atoms with Crippen LogP contribution in [0.5, 0.6) is 0 Å². The van der Waals surface area contributed by atoms with Gasteiger partial charge in [-0.2, -0.15) is 5.10 Å². The highest BCUT2D eigenvalue weighted by atomic mass is 16.1. The Bertz CT molecular complexity index is 436. The van der Waals surface area contributed by atoms with Crippen LogP contribution in [0, 0.1) is 5.41 Å². The van der Waals surface area contributed by atoms with Gasteiger partial charge in [0, 0.05) is 18.0 Å². The first kappa shape index (κ1) is 15.3. The van der Waals surface area contributed by atoms with E-state index >= 15 is 0 Å². The summed E-state index contributed by atoms with van der Waals surface area (Å²) in [6.45, 7) is 5.98. The zero-order valence-corrected chi connectivity index (χ0v) is 13.2. The van der Waals surface area contributed by atoms with Gasteiger partial charge in [-0.15, -0.1) is 0 Å². The molecule has 2 rings (SSSR count). The number of Topliss-reactive ketones (excluding diaryl/α,β-unsaturated/α-hetero) is 1. The minimum absolute atomic E-state index is 0.207. The molecule has 0 saturated heterocycles. The number of carbonyl (C=O) groups is 1. The van der Waals surface area contributed by atoms with Gasteiger partial charge < -0.3 is 0 Å². The minimum atomic E-state index is -0.207. The second kappa shape index (κ2) is 6.55. The first-order valence-electron chi connectivity index (χ1n) is 8.04. The van der Waals surface area contributed by atoms with Crippen LogP contribution < -0.4 is 0 Å². The van der Waals surface area contributed by atoms with Crippen molar-refractivity contribution in [2.75, 3.05) is 0 Å². The summed E-state index contributed by atoms with van der Waals surface area (Å²) in [7, 11) is 0. The van der Waals surface area contributed by atoms with E-state index in [1.807, 2.05) is 20.8 Å². The fourth-order valence-corrected chi connectivity index (χ4v) is 2.86. The number of hydrogen-bond donors (Lipinski definition) is 0. The van der Waals surface area contributed by atoms with E-state index in [1.165, 1.54) is 32.1 Å². The van der Waals surface area contributed by atoms with Crippen molar-refractivity contribution in [3.8, 4) is 0 Å². The fraction of sp³-hybridized carbons (Fsp3) is 0.765. The molecular weight excluding hydrogens is 248 g/mol. The number of nitrogens with zero attached hydrogens (tertiary/aromatic N) is 2. The van der Waals surface area contributed by atoms with E-state index in [0.29, 0.717) is 18.2 Å². The van der Waals surface area contributed by atoms with Gasteiger partial charge in [-0.3, -0.25) is 9.48 Å². The van der Waals surface area contributed by atoms with E-state index in [0.717, 1.165) is 18.5 Å². The summed E-state index contributed by atoms with van der Waals surface area (Å²) in [5.41, 5.74) is 0.929. The van der Waals surface area contributed by atoms with Crippen molar-refractivity contribution in [2.45, 2.75) is 78.2 Å². The monoisotopic (exact) mass is 276 g/mol. The summed E-state index contributed by atoms with van der Waals surface area (Å²) in [5, 5.41) is 4.70. The molecule has 0 aromatic carbocycles. The Balaban J connectivity index is 1.79. The standard InChI is InChI=1S/C17H28N2O/c1-17(2,3)16(20)11-7-8-14-12-13-19(18-14)15-9-5-4-6-10-15/h12-13,15H,4-11H2,1-3H3. The summed E-state index contributed by atoms with van der Waals surface area (Å²) < 4.78 is 2.15. The van der Waals surface area contributed by atoms with E-state index in [1.54, 1.807) is 0 Å². The number of rotatable bonds is 5. The second-order valence-electron chi connectivity index (χ2n) is 7.11. The normalized spacial score (nSPS) is 17.4. The molecule has 0 unspecified atom stereocenters. The van der Waals surface area contributed by atoms with E-state index in [2.05, 4.69) is 16.9 Å². The van der Waals surface area contributed by atoms with Gasteiger partial charge in [0.05, 0.1) is 11.7 Å². The molecule has 0 spiro atoms. The van der Waals surface area contributed by atoms with E-state index in [-0.39, 0.29) is 5.41 Å². The average Bonchev–Trinajstić information content (AvgIpc) is 2.87. The maximum atomic E-state index is 11.9. The Morgan fingerprint density at radius 2 is 2.00 bits per heavy atom. The van der Waals surface area contributed by atoms with Crippen molar-refractivity contribution in [1.82, 2.24) is 9.78 Å². The molecule has 1 saturated carbocycles. The number of ketones is 1. The smallest absolute Gasteiger partial charge is 0.138 e. The van der Waals surface area contributed by atoms with Crippen LogP contribution in [0.15, 0.2) is 12.3 Å². The molecule has 1 aliphatic carbocycles. The predicted octanol–water partition coefficient (Wildman–Crippen LogP) is 4.33. The first-order valence-corrected chi connectivity index (χ1v) is 8.04. The molecule has 3 nitrogen and oxygen atoms in total. The fourth-order valence-electron chi connectivity index (χ4n) is 2.86. The van der Waals surface area contributed by atoms with Crippen molar-refractivity contribution in [1.29, 1.82) is 0 Å². The molecule has 1 aromatic rings. The van der Waals surface area contributed by atoms with Crippen molar-refractivity contribution < 1.29 is 4.79 Å². The van der Waals surface area contributed by atoms with Crippen LogP contribution in [0.25, 0.3) is 0 Å². The molecule has 1 aliphatic rings. The molecular formula is C17H28N2O. The summed E-state index contributed by atoms with van der Waals surface area (Å²) >= 11 is 0. The minimum Gasteiger partial charge on any atom is -0.299 e. The average molecular weight is 276 g/mol. The molecule has 0 amide bonds. The second-order valence-corrected chi connectivity index (χ2v) is 7.11. The summed E-state index contributed by atoms with van der Waals surface area (Å²) in [6, 6.07) is 2.73. The van der Waals surface area contributed by atoms with Crippen LogP contribution >= 0.6 is 0 Å². The third kappa shape index (κ3) is 4.19. The molecule has 0 radical (unpaired) electrons. The highest BCUT2D eigenvalue weighted by Gasteiger charge is 2.20. The summed E-state index contributed by atoms with van der Waals surface area (Å²) in [5.74, 6) is 0.351. The summed E-state index contributed by atoms with van der Waals surface area (Å²) in [6.07, 6.45) is 11.2. The van der Waals surface area contributed by atoms with Gasteiger partial charge in [-0.05, 0) is 31.7 Å². The number of aryl methyl sites for hydroxylation is 1. The predicted molar refractivity (Wildman–Crippen MR) is 81.7 cm³/mol. The van der Waals surface area contributed by atoms with Gasteiger partial charge in [0.2, 0.25) is 0 Å². The topological polar surface area (TPSA) is 34.9 Å². The third-order valence-corrected chi connectivity index (χ3v) is 4.29. The SMILES string of the molecule is CC(C)(C)C(=O)CCCc1ccn(C2CCCCC2)n1. The molecule has 3 heteroatoms. The molecule has 20 heavy (non-hydrogen) atoms. The maximum Gasteiger partial charge on any atom is 0.138 e. The lowest BCUT2D eigenvalue weighted by Gasteiger charge is -2.21. The van der Waals surface area contributed by atoms with Crippen LogP contribution in [0.2, 0.25) is 0 Å².